The first-order valence-electron chi connectivity index (χ1n) is 10.4. The van der Waals surface area contributed by atoms with E-state index in [0.29, 0.717) is 41.2 Å². The number of methoxy groups -OCH3 is 1. The molecule has 32 heavy (non-hydrogen) atoms. The Morgan fingerprint density at radius 1 is 1.12 bits per heavy atom. The highest BCUT2D eigenvalue weighted by molar-refractivity contribution is 6.44. The molecule has 8 heteroatoms. The van der Waals surface area contributed by atoms with Crippen LogP contribution in [0.15, 0.2) is 42.6 Å². The summed E-state index contributed by atoms with van der Waals surface area (Å²) in [6.45, 7) is 1.18. The number of H-pyrrole nitrogens is 1. The van der Waals surface area contributed by atoms with Crippen LogP contribution in [0.1, 0.15) is 39.1 Å². The van der Waals surface area contributed by atoms with E-state index in [9.17, 15) is 18.8 Å². The number of Topliss-reactive ketones (excluding diaryl/α,β-unsaturated/α-hetero) is 1. The molecule has 0 radical (unpaired) electrons. The Labute approximate surface area is 184 Å². The number of likely N-dealkylation sites (tertiary alicyclic amines) is 1. The van der Waals surface area contributed by atoms with Gasteiger partial charge in [-0.1, -0.05) is 12.1 Å². The summed E-state index contributed by atoms with van der Waals surface area (Å²) in [6, 6.07) is 9.75. The number of ether oxygens (including phenoxy) is 1. The van der Waals surface area contributed by atoms with Gasteiger partial charge in [-0.2, -0.15) is 0 Å². The van der Waals surface area contributed by atoms with Crippen molar-refractivity contribution in [3.63, 3.8) is 0 Å². The summed E-state index contributed by atoms with van der Waals surface area (Å²) in [7, 11) is 1.48. The Kier molecular flexibility index (Phi) is 5.94. The van der Waals surface area contributed by atoms with Crippen LogP contribution in [-0.4, -0.2) is 47.7 Å². The van der Waals surface area contributed by atoms with Crippen LogP contribution >= 0.6 is 0 Å². The van der Waals surface area contributed by atoms with Gasteiger partial charge in [0.25, 0.3) is 17.6 Å². The maximum absolute atomic E-state index is 13.3. The number of hydrogen-bond donors (Lipinski definition) is 2. The van der Waals surface area contributed by atoms with Crippen LogP contribution in [0.5, 0.6) is 5.75 Å². The number of ketones is 1. The zero-order chi connectivity index (χ0) is 22.8. The minimum Gasteiger partial charge on any atom is -0.496 e. The zero-order valence-corrected chi connectivity index (χ0v) is 17.7. The van der Waals surface area contributed by atoms with Crippen molar-refractivity contribution in [1.29, 1.82) is 0 Å². The molecule has 3 aromatic rings. The topological polar surface area (TPSA) is 105 Å². The van der Waals surface area contributed by atoms with E-state index >= 15 is 0 Å². The molecule has 0 bridgehead atoms. The molecule has 1 saturated heterocycles. The molecule has 0 atom stereocenters. The van der Waals surface area contributed by atoms with Gasteiger partial charge >= 0.3 is 0 Å². The third kappa shape index (κ3) is 4.21. The lowest BCUT2D eigenvalue weighted by Crippen LogP contribution is -2.39. The second-order valence-electron chi connectivity index (χ2n) is 8.06. The second-order valence-corrected chi connectivity index (χ2v) is 8.06. The van der Waals surface area contributed by atoms with Crippen LogP contribution in [-0.2, 0) is 11.2 Å². The van der Waals surface area contributed by atoms with Crippen LogP contribution < -0.4 is 10.5 Å². The van der Waals surface area contributed by atoms with Gasteiger partial charge in [0.05, 0.1) is 18.2 Å². The number of rotatable bonds is 6. The van der Waals surface area contributed by atoms with E-state index < -0.39 is 11.7 Å². The van der Waals surface area contributed by atoms with Crippen LogP contribution in [0.2, 0.25) is 0 Å². The van der Waals surface area contributed by atoms with E-state index in [0.717, 1.165) is 24.8 Å². The van der Waals surface area contributed by atoms with Gasteiger partial charge in [0.2, 0.25) is 0 Å². The maximum atomic E-state index is 13.3. The number of nitrogens with two attached hydrogens (primary N) is 1. The third-order valence-corrected chi connectivity index (χ3v) is 6.04. The highest BCUT2D eigenvalue weighted by Gasteiger charge is 2.27. The van der Waals surface area contributed by atoms with Crippen LogP contribution in [0.25, 0.3) is 10.9 Å². The normalized spacial score (nSPS) is 14.5. The number of carbonyl (C=O) groups excluding carboxylic acids is 3. The van der Waals surface area contributed by atoms with E-state index in [1.54, 1.807) is 29.2 Å². The first kappa shape index (κ1) is 21.5. The molecule has 4 rings (SSSR count). The molecule has 1 aliphatic rings. The van der Waals surface area contributed by atoms with E-state index in [1.807, 2.05) is 0 Å². The molecule has 0 unspecified atom stereocenters. The number of piperidine rings is 1. The molecule has 3 N–H and O–H groups in total. The summed E-state index contributed by atoms with van der Waals surface area (Å²) in [5, 5.41) is 0.448. The average molecular weight is 437 g/mol. The van der Waals surface area contributed by atoms with Crippen molar-refractivity contribution < 1.29 is 23.5 Å². The lowest BCUT2D eigenvalue weighted by atomic mass is 9.90. The summed E-state index contributed by atoms with van der Waals surface area (Å²) >= 11 is 0. The molecule has 2 aromatic carbocycles. The Hall–Kier alpha value is -3.68. The molecular formula is C24H24FN3O4. The van der Waals surface area contributed by atoms with Gasteiger partial charge in [-0.25, -0.2) is 4.39 Å². The number of carbonyl (C=O) groups is 3. The Morgan fingerprint density at radius 3 is 2.44 bits per heavy atom. The van der Waals surface area contributed by atoms with Gasteiger partial charge < -0.3 is 20.4 Å². The fourth-order valence-electron chi connectivity index (χ4n) is 4.27. The maximum Gasteiger partial charge on any atom is 0.289 e. The minimum absolute atomic E-state index is 0.127. The molecule has 1 fully saturated rings. The number of aromatic nitrogens is 1. The SMILES string of the molecule is COc1cc2[nH]cc(C(=O)C(N)=O)c2cc1C(=O)N1CCC(Cc2ccc(F)cc2)CC1. The lowest BCUT2D eigenvalue weighted by Gasteiger charge is -2.32. The molecule has 2 amide bonds. The van der Waals surface area contributed by atoms with E-state index in [1.165, 1.54) is 25.4 Å². The van der Waals surface area contributed by atoms with Gasteiger partial charge in [0, 0.05) is 36.3 Å². The predicted octanol–water partition coefficient (Wildman–Crippen LogP) is 3.08. The summed E-state index contributed by atoms with van der Waals surface area (Å²) < 4.78 is 18.5. The predicted molar refractivity (Wildman–Crippen MR) is 117 cm³/mol. The molecule has 1 aromatic heterocycles. The molecule has 0 saturated carbocycles. The highest BCUT2D eigenvalue weighted by atomic mass is 19.1. The van der Waals surface area contributed by atoms with E-state index in [-0.39, 0.29) is 17.3 Å². The van der Waals surface area contributed by atoms with Crippen molar-refractivity contribution in [2.24, 2.45) is 11.7 Å². The van der Waals surface area contributed by atoms with Gasteiger partial charge in [-0.05, 0) is 48.9 Å². The van der Waals surface area contributed by atoms with Crippen LogP contribution in [0, 0.1) is 11.7 Å². The average Bonchev–Trinajstić information content (AvgIpc) is 3.22. The number of fused-ring (bicyclic) bond motifs is 1. The molecule has 0 spiro atoms. The third-order valence-electron chi connectivity index (χ3n) is 6.04. The van der Waals surface area contributed by atoms with Gasteiger partial charge in [0.15, 0.2) is 0 Å². The Bertz CT molecular complexity index is 1180. The van der Waals surface area contributed by atoms with E-state index in [2.05, 4.69) is 4.98 Å². The number of nitrogens with one attached hydrogen (secondary N) is 1. The first-order chi connectivity index (χ1) is 15.4. The standard InChI is InChI=1S/C24H24FN3O4/c1-32-21-12-20-17(19(13-27-20)22(29)23(26)30)11-18(21)24(31)28-8-6-15(7-9-28)10-14-2-4-16(25)5-3-14/h2-5,11-13,15,27H,6-10H2,1H3,(H2,26,30). The van der Waals surface area contributed by atoms with Gasteiger partial charge in [-0.3, -0.25) is 14.4 Å². The van der Waals surface area contributed by atoms with Crippen molar-refractivity contribution in [2.75, 3.05) is 20.2 Å². The molecular weight excluding hydrogens is 413 g/mol. The van der Waals surface area contributed by atoms with Crippen molar-refractivity contribution in [1.82, 2.24) is 9.88 Å². The number of benzene rings is 2. The van der Waals surface area contributed by atoms with Gasteiger partial charge in [-0.15, -0.1) is 0 Å². The number of hydrogen-bond acceptors (Lipinski definition) is 4. The largest absolute Gasteiger partial charge is 0.496 e. The van der Waals surface area contributed by atoms with Crippen molar-refractivity contribution in [3.05, 3.63) is 65.1 Å². The van der Waals surface area contributed by atoms with Crippen molar-refractivity contribution >= 4 is 28.5 Å². The Balaban J connectivity index is 1.52. The molecule has 7 nitrogen and oxygen atoms in total. The number of primary amides is 1. The number of amides is 2. The summed E-state index contributed by atoms with van der Waals surface area (Å²) in [5.74, 6) is -1.51. The molecule has 1 aliphatic heterocycles. The van der Waals surface area contributed by atoms with Crippen molar-refractivity contribution in [3.8, 4) is 5.75 Å². The molecule has 0 aliphatic carbocycles. The number of nitrogens with zero attached hydrogens (tertiary/aromatic N) is 1. The number of aromatic amines is 1. The monoisotopic (exact) mass is 437 g/mol. The summed E-state index contributed by atoms with van der Waals surface area (Å²) in [4.78, 5) is 41.4. The summed E-state index contributed by atoms with van der Waals surface area (Å²) in [6.07, 6.45) is 3.93. The molecule has 2 heterocycles. The van der Waals surface area contributed by atoms with Crippen LogP contribution in [0.4, 0.5) is 4.39 Å². The smallest absolute Gasteiger partial charge is 0.289 e. The second kappa shape index (κ2) is 8.82. The number of halogens is 1. The van der Waals surface area contributed by atoms with Gasteiger partial charge in [0.1, 0.15) is 11.6 Å². The van der Waals surface area contributed by atoms with Crippen molar-refractivity contribution in [2.45, 2.75) is 19.3 Å². The summed E-state index contributed by atoms with van der Waals surface area (Å²) in [5.41, 5.74) is 7.26. The molecule has 166 valence electrons. The Morgan fingerprint density at radius 2 is 1.81 bits per heavy atom. The minimum atomic E-state index is -1.06. The first-order valence-corrected chi connectivity index (χ1v) is 10.4. The fourth-order valence-corrected chi connectivity index (χ4v) is 4.27. The lowest BCUT2D eigenvalue weighted by molar-refractivity contribution is -0.114. The highest BCUT2D eigenvalue weighted by Crippen LogP contribution is 2.31. The quantitative estimate of drug-likeness (QED) is 0.457. The van der Waals surface area contributed by atoms with E-state index in [4.69, 9.17) is 10.5 Å². The fraction of sp³-hybridized carbons (Fsp3) is 0.292. The zero-order valence-electron chi connectivity index (χ0n) is 17.7. The van der Waals surface area contributed by atoms with Crippen LogP contribution in [0.3, 0.4) is 0 Å².